The van der Waals surface area contributed by atoms with E-state index in [0.717, 1.165) is 77.7 Å². The van der Waals surface area contributed by atoms with E-state index in [4.69, 9.17) is 4.74 Å². The molecule has 6 amide bonds. The molecule has 5 aromatic rings. The van der Waals surface area contributed by atoms with Crippen molar-refractivity contribution in [3.63, 3.8) is 0 Å². The van der Waals surface area contributed by atoms with Gasteiger partial charge in [0.25, 0.3) is 11.8 Å². The first kappa shape index (κ1) is 56.0. The van der Waals surface area contributed by atoms with E-state index in [1.165, 1.54) is 10.5 Å². The first-order chi connectivity index (χ1) is 37.7. The average Bonchev–Trinajstić information content (AvgIpc) is 4.01. The number of amides is 6. The molecular weight excluding hydrogens is 1050 g/mol. The maximum atomic E-state index is 15.0. The number of halogens is 1. The van der Waals surface area contributed by atoms with Crippen LogP contribution in [-0.4, -0.2) is 116 Å². The van der Waals surface area contributed by atoms with E-state index in [-0.39, 0.29) is 61.3 Å². The molecule has 78 heavy (non-hydrogen) atoms. The van der Waals surface area contributed by atoms with Gasteiger partial charge in [0.1, 0.15) is 30.1 Å². The van der Waals surface area contributed by atoms with Crippen LogP contribution in [0.2, 0.25) is 0 Å². The number of fused-ring (bicyclic) bond motifs is 3. The number of nitrogens with zero attached hydrogens (tertiary/aromatic N) is 3. The number of aliphatic hydroxyl groups excluding tert-OH is 1. The minimum absolute atomic E-state index is 0.0640. The summed E-state index contributed by atoms with van der Waals surface area (Å²) in [5.41, 5.74) is 4.62. The molecule has 412 valence electrons. The molecule has 2 aliphatic carbocycles. The van der Waals surface area contributed by atoms with Crippen LogP contribution in [0.4, 0.5) is 11.4 Å². The molecule has 2 fully saturated rings. The number of ether oxygens (including phenoxy) is 1. The molecule has 1 saturated carbocycles. The molecule has 2 aliphatic heterocycles. The number of methoxy groups -OCH3 is 1. The van der Waals surface area contributed by atoms with Crippen LogP contribution in [-0.2, 0) is 36.9 Å². The highest BCUT2D eigenvalue weighted by Gasteiger charge is 2.46. The van der Waals surface area contributed by atoms with E-state index >= 15 is 0 Å². The van der Waals surface area contributed by atoms with Gasteiger partial charge in [-0.25, -0.2) is 0 Å². The van der Waals surface area contributed by atoms with Crippen LogP contribution in [0.25, 0.3) is 10.8 Å². The second-order valence-electron chi connectivity index (χ2n) is 21.2. The van der Waals surface area contributed by atoms with Gasteiger partial charge in [0.05, 0.1) is 49.7 Å². The largest absolute Gasteiger partial charge is 0.496 e. The van der Waals surface area contributed by atoms with Gasteiger partial charge in [-0.3, -0.25) is 34.1 Å². The fourth-order valence-electron chi connectivity index (χ4n) is 11.7. The smallest absolute Gasteiger partial charge is 0.258 e. The maximum absolute atomic E-state index is 15.0. The van der Waals surface area contributed by atoms with Crippen molar-refractivity contribution < 1.29 is 38.6 Å². The number of aryl methyl sites for hydroxylation is 1. The van der Waals surface area contributed by atoms with Crippen LogP contribution in [0.5, 0.6) is 5.75 Å². The fourth-order valence-corrected chi connectivity index (χ4v) is 12.1. The number of anilines is 2. The van der Waals surface area contributed by atoms with Crippen LogP contribution in [0.3, 0.4) is 0 Å². The molecule has 9 rings (SSSR count). The third-order valence-electron chi connectivity index (χ3n) is 16.3. The zero-order valence-electron chi connectivity index (χ0n) is 45.0. The summed E-state index contributed by atoms with van der Waals surface area (Å²) in [4.78, 5) is 91.1. The number of hydrogen-bond donors (Lipinski definition) is 7. The summed E-state index contributed by atoms with van der Waals surface area (Å²) >= 11 is 3.57. The Morgan fingerprint density at radius 2 is 1.47 bits per heavy atom. The molecule has 17 nitrogen and oxygen atoms in total. The molecule has 8 atom stereocenters. The Balaban J connectivity index is 0.972. The Labute approximate surface area is 464 Å². The summed E-state index contributed by atoms with van der Waals surface area (Å²) in [6.45, 7) is 3.42. The first-order valence-electron chi connectivity index (χ1n) is 27.3. The van der Waals surface area contributed by atoms with E-state index in [0.29, 0.717) is 22.7 Å². The number of carbonyl (C=O) groups excluding carboxylic acids is 6. The second kappa shape index (κ2) is 25.0. The number of rotatable bonds is 17. The van der Waals surface area contributed by atoms with Gasteiger partial charge < -0.3 is 51.1 Å². The lowest BCUT2D eigenvalue weighted by molar-refractivity contribution is -0.143. The van der Waals surface area contributed by atoms with Gasteiger partial charge in [-0.1, -0.05) is 95.9 Å². The van der Waals surface area contributed by atoms with Crippen molar-refractivity contribution in [1.29, 1.82) is 0 Å². The molecule has 7 N–H and O–H groups in total. The van der Waals surface area contributed by atoms with Gasteiger partial charge in [0.2, 0.25) is 23.6 Å². The quantitative estimate of drug-likeness (QED) is 0.0513. The standard InChI is InChI=1S/C60H72BrN9O8/c1-35(62-3)54(71)66-48-34-70(50-21-12-11-20-49(50)69(59(48)76)33-46-44-28-27-42(61)30-41(44)26-29-52(46)78-5)58(75)40-24-22-39(23-25-40)56(73)64-43-31-51(57(74)65-47-19-13-17-37-14-9-10-18-45(37)47)68(32-43)60(77)53(38-15-7-6-8-16-38)67-55(72)36(2)63-4/h9-12,14,18,20-30,35-36,38,43,47-48,51,53,56,62-64,73H,6-8,13,15-17,19,31-34H2,1-5H3,(H,65,74)(H,66,71)(H,67,72)/t35-,36-,43-,47+,48-,51-,53-,56?/m0/s1. The van der Waals surface area contributed by atoms with Gasteiger partial charge in [-0.15, -0.1) is 0 Å². The summed E-state index contributed by atoms with van der Waals surface area (Å²) < 4.78 is 6.74. The SMILES string of the molecule is CN[C@@H](C)C(=O)N[C@H]1CN(C(=O)c2ccc(C(O)N[C@H]3C[C@@H](C(=O)N[C@@H]4CCCc5ccccc54)N(C(=O)[C@@H](NC(=O)[C@H](C)NC)C4CCCCC4)C3)cc2)c2ccccc2N(Cc2c(OC)ccc3cc(Br)ccc23)C1=O. The van der Waals surface area contributed by atoms with E-state index < -0.39 is 60.2 Å². The zero-order valence-corrected chi connectivity index (χ0v) is 46.6. The van der Waals surface area contributed by atoms with Gasteiger partial charge in [0, 0.05) is 28.2 Å². The molecule has 18 heteroatoms. The van der Waals surface area contributed by atoms with Gasteiger partial charge in [0.15, 0.2) is 0 Å². The molecule has 1 saturated heterocycles. The number of hydrogen-bond acceptors (Lipinski definition) is 11. The van der Waals surface area contributed by atoms with Crippen LogP contribution < -0.4 is 46.4 Å². The summed E-state index contributed by atoms with van der Waals surface area (Å²) in [6.07, 6.45) is 6.04. The number of nitrogens with one attached hydrogen (secondary N) is 6. The zero-order chi connectivity index (χ0) is 55.2. The monoisotopic (exact) mass is 1130 g/mol. The van der Waals surface area contributed by atoms with E-state index in [9.17, 15) is 33.9 Å². The molecule has 4 aliphatic rings. The minimum atomic E-state index is -1.26. The van der Waals surface area contributed by atoms with Gasteiger partial charge in [-0.05, 0) is 142 Å². The lowest BCUT2D eigenvalue weighted by Crippen LogP contribution is -2.58. The summed E-state index contributed by atoms with van der Waals surface area (Å²) in [5, 5.41) is 32.1. The van der Waals surface area contributed by atoms with Crippen molar-refractivity contribution >= 4 is 73.5 Å². The molecule has 1 unspecified atom stereocenters. The Morgan fingerprint density at radius 1 is 0.769 bits per heavy atom. The molecule has 0 spiro atoms. The Morgan fingerprint density at radius 3 is 2.21 bits per heavy atom. The molecule has 5 aromatic carbocycles. The lowest BCUT2D eigenvalue weighted by Gasteiger charge is -2.35. The van der Waals surface area contributed by atoms with Gasteiger partial charge >= 0.3 is 0 Å². The summed E-state index contributed by atoms with van der Waals surface area (Å²) in [7, 11) is 4.92. The molecular formula is C60H72BrN9O8. The molecule has 2 heterocycles. The second-order valence-corrected chi connectivity index (χ2v) is 22.1. The van der Waals surface area contributed by atoms with Crippen LogP contribution in [0.1, 0.15) is 110 Å². The number of benzene rings is 5. The fraction of sp³-hybridized carbons (Fsp3) is 0.433. The normalized spacial score (nSPS) is 21.1. The first-order valence-corrected chi connectivity index (χ1v) is 28.1. The Kier molecular flexibility index (Phi) is 17.9. The minimum Gasteiger partial charge on any atom is -0.496 e. The van der Waals surface area contributed by atoms with Crippen LogP contribution >= 0.6 is 15.9 Å². The molecule has 0 aromatic heterocycles. The lowest BCUT2D eigenvalue weighted by atomic mass is 9.83. The average molecular weight is 1130 g/mol. The Bertz CT molecular complexity index is 3020. The Hall–Kier alpha value is -6.70. The number of likely N-dealkylation sites (N-methyl/N-ethyl adjacent to an activating group) is 2. The topological polar surface area (TPSA) is 214 Å². The van der Waals surface area contributed by atoms with Crippen molar-refractivity contribution in [2.24, 2.45) is 5.92 Å². The summed E-state index contributed by atoms with van der Waals surface area (Å²) in [5.74, 6) is -1.69. The number of likely N-dealkylation sites (tertiary alicyclic amines) is 1. The van der Waals surface area contributed by atoms with Crippen molar-refractivity contribution in [3.05, 3.63) is 135 Å². The predicted octanol–water partition coefficient (Wildman–Crippen LogP) is 6.31. The number of para-hydroxylation sites is 2. The van der Waals surface area contributed by atoms with Crippen molar-refractivity contribution in [2.45, 2.75) is 127 Å². The van der Waals surface area contributed by atoms with Crippen LogP contribution in [0, 0.1) is 5.92 Å². The van der Waals surface area contributed by atoms with E-state index in [1.54, 1.807) is 93.4 Å². The number of aliphatic hydroxyl groups is 1. The number of carbonyl (C=O) groups is 6. The van der Waals surface area contributed by atoms with Crippen molar-refractivity contribution in [1.82, 2.24) is 36.8 Å². The summed E-state index contributed by atoms with van der Waals surface area (Å²) in [6, 6.07) is 26.7. The highest BCUT2D eigenvalue weighted by atomic mass is 79.9. The highest BCUT2D eigenvalue weighted by Crippen LogP contribution is 2.39. The van der Waals surface area contributed by atoms with Gasteiger partial charge in [-0.2, -0.15) is 0 Å². The van der Waals surface area contributed by atoms with E-state index in [2.05, 4.69) is 53.9 Å². The predicted molar refractivity (Wildman–Crippen MR) is 304 cm³/mol. The molecule has 0 bridgehead atoms. The third kappa shape index (κ3) is 12.1. The van der Waals surface area contributed by atoms with Crippen molar-refractivity contribution in [2.75, 3.05) is 44.1 Å². The van der Waals surface area contributed by atoms with Crippen LogP contribution in [0.15, 0.2) is 108 Å². The maximum Gasteiger partial charge on any atom is 0.258 e. The highest BCUT2D eigenvalue weighted by molar-refractivity contribution is 9.10. The molecule has 0 radical (unpaired) electrons. The van der Waals surface area contributed by atoms with E-state index in [1.807, 2.05) is 48.5 Å². The third-order valence-corrected chi connectivity index (χ3v) is 16.8. The van der Waals surface area contributed by atoms with Crippen molar-refractivity contribution in [3.8, 4) is 5.75 Å².